The van der Waals surface area contributed by atoms with Gasteiger partial charge in [-0.2, -0.15) is 0 Å². The summed E-state index contributed by atoms with van der Waals surface area (Å²) in [5, 5.41) is 21.9. The number of rotatable bonds is 27. The number of aliphatic imine (C=N–C) groups is 1. The lowest BCUT2D eigenvalue weighted by molar-refractivity contribution is -0.151. The van der Waals surface area contributed by atoms with E-state index in [1.54, 1.807) is 13.8 Å². The van der Waals surface area contributed by atoms with Crippen LogP contribution in [0.3, 0.4) is 0 Å². The molecule has 0 fully saturated rings. The highest BCUT2D eigenvalue weighted by atomic mass is 16.5. The van der Waals surface area contributed by atoms with Crippen molar-refractivity contribution in [1.82, 2.24) is 26.6 Å². The number of carboxylic acid groups (broad SMARTS) is 1. The second kappa shape index (κ2) is 26.7. The number of carbonyl (C=O) groups is 8. The average Bonchev–Trinajstić information content (AvgIpc) is 3.04. The third-order valence-electron chi connectivity index (χ3n) is 7.47. The van der Waals surface area contributed by atoms with E-state index in [2.05, 4.69) is 31.6 Å². The minimum atomic E-state index is -1.18. The maximum atomic E-state index is 12.8. The summed E-state index contributed by atoms with van der Waals surface area (Å²) in [4.78, 5) is 102. The molecule has 0 aliphatic rings. The number of ether oxygens (including phenoxy) is 2. The van der Waals surface area contributed by atoms with Crippen LogP contribution in [0, 0.1) is 0 Å². The number of hydrogen-bond donors (Lipinski definition) is 10. The van der Waals surface area contributed by atoms with E-state index in [1.807, 2.05) is 0 Å². The smallest absolute Gasteiger partial charge is 0.326 e. The van der Waals surface area contributed by atoms with Gasteiger partial charge in [0.15, 0.2) is 5.96 Å². The number of hydrogen-bond acceptors (Lipinski definition) is 13. The SMILES string of the molecule is C[C@H](CC(=O)N[C@@H](CCCCN)C(=O)O)OC(=O)C[C@H](C)NC(=O)C[C@@H](C)OC(=O)C[C@H](C)NC(=O)[C@H](C)NC(=O)[C@H](CCCN=C(N)N)NC(=O)CN. The summed E-state index contributed by atoms with van der Waals surface area (Å²) in [6, 6.07) is -4.49. The van der Waals surface area contributed by atoms with Gasteiger partial charge in [-0.25, -0.2) is 4.79 Å². The molecule has 14 N–H and O–H groups in total. The Bertz CT molecular complexity index is 1300. The zero-order valence-corrected chi connectivity index (χ0v) is 31.8. The van der Waals surface area contributed by atoms with Crippen LogP contribution < -0.4 is 49.5 Å². The van der Waals surface area contributed by atoms with Gasteiger partial charge in [0, 0.05) is 18.6 Å². The normalized spacial score (nSPS) is 14.6. The van der Waals surface area contributed by atoms with Gasteiger partial charge in [-0.15, -0.1) is 0 Å². The van der Waals surface area contributed by atoms with Crippen molar-refractivity contribution in [1.29, 1.82) is 0 Å². The van der Waals surface area contributed by atoms with Crippen molar-refractivity contribution in [3.05, 3.63) is 0 Å². The molecule has 21 nitrogen and oxygen atoms in total. The van der Waals surface area contributed by atoms with Gasteiger partial charge in [0.25, 0.3) is 0 Å². The number of unbranched alkanes of at least 4 members (excludes halogenated alkanes) is 1. The zero-order valence-electron chi connectivity index (χ0n) is 31.8. The number of esters is 2. The van der Waals surface area contributed by atoms with E-state index < -0.39 is 89.9 Å². The molecule has 0 aromatic carbocycles. The molecule has 21 heteroatoms. The summed E-state index contributed by atoms with van der Waals surface area (Å²) in [6.45, 7) is 7.78. The van der Waals surface area contributed by atoms with Crippen molar-refractivity contribution in [3.63, 3.8) is 0 Å². The number of guanidine groups is 1. The van der Waals surface area contributed by atoms with Crippen molar-refractivity contribution < 1.29 is 52.9 Å². The highest BCUT2D eigenvalue weighted by Crippen LogP contribution is 2.08. The Morgan fingerprint density at radius 3 is 1.61 bits per heavy atom. The molecule has 0 radical (unpaired) electrons. The Labute approximate surface area is 315 Å². The summed E-state index contributed by atoms with van der Waals surface area (Å²) in [7, 11) is 0. The number of carboxylic acids is 1. The first kappa shape index (κ1) is 49.0. The van der Waals surface area contributed by atoms with Crippen LogP contribution >= 0.6 is 0 Å². The predicted octanol–water partition coefficient (Wildman–Crippen LogP) is -2.88. The van der Waals surface area contributed by atoms with Crippen LogP contribution in [0.2, 0.25) is 0 Å². The van der Waals surface area contributed by atoms with Gasteiger partial charge in [-0.3, -0.25) is 38.6 Å². The fourth-order valence-electron chi connectivity index (χ4n) is 4.86. The fourth-order valence-corrected chi connectivity index (χ4v) is 4.86. The van der Waals surface area contributed by atoms with Gasteiger partial charge in [0.1, 0.15) is 30.3 Å². The van der Waals surface area contributed by atoms with E-state index in [0.717, 1.165) is 0 Å². The minimum absolute atomic E-state index is 0.119. The van der Waals surface area contributed by atoms with Gasteiger partial charge >= 0.3 is 17.9 Å². The van der Waals surface area contributed by atoms with E-state index in [1.165, 1.54) is 20.8 Å². The molecule has 0 saturated carbocycles. The highest BCUT2D eigenvalue weighted by Gasteiger charge is 2.26. The predicted molar refractivity (Wildman–Crippen MR) is 196 cm³/mol. The highest BCUT2D eigenvalue weighted by molar-refractivity contribution is 5.92. The Hall–Kier alpha value is -5.05. The molecule has 54 heavy (non-hydrogen) atoms. The molecule has 0 aromatic rings. The lowest BCUT2D eigenvalue weighted by Gasteiger charge is -2.22. The van der Waals surface area contributed by atoms with Crippen LogP contribution in [0.5, 0.6) is 0 Å². The average molecular weight is 773 g/mol. The summed E-state index contributed by atoms with van der Waals surface area (Å²) < 4.78 is 10.5. The summed E-state index contributed by atoms with van der Waals surface area (Å²) >= 11 is 0. The summed E-state index contributed by atoms with van der Waals surface area (Å²) in [5.74, 6) is -5.61. The molecule has 0 spiro atoms. The van der Waals surface area contributed by atoms with Gasteiger partial charge < -0.3 is 64.1 Å². The number of aliphatic carboxylic acids is 1. The molecule has 0 heterocycles. The third-order valence-corrected chi connectivity index (χ3v) is 7.47. The van der Waals surface area contributed by atoms with Crippen molar-refractivity contribution >= 4 is 53.4 Å². The lowest BCUT2D eigenvalue weighted by atomic mass is 10.1. The van der Waals surface area contributed by atoms with Gasteiger partial charge in [0.2, 0.25) is 29.5 Å². The summed E-state index contributed by atoms with van der Waals surface area (Å²) in [5.41, 5.74) is 21.3. The monoisotopic (exact) mass is 772 g/mol. The van der Waals surface area contributed by atoms with Crippen molar-refractivity contribution in [2.75, 3.05) is 19.6 Å². The van der Waals surface area contributed by atoms with Gasteiger partial charge in [-0.1, -0.05) is 0 Å². The van der Waals surface area contributed by atoms with Crippen molar-refractivity contribution in [2.24, 2.45) is 27.9 Å². The quantitative estimate of drug-likeness (QED) is 0.0173. The van der Waals surface area contributed by atoms with E-state index in [9.17, 15) is 43.5 Å². The Balaban J connectivity index is 4.69. The lowest BCUT2D eigenvalue weighted by Crippen LogP contribution is -2.54. The molecule has 0 aromatic heterocycles. The van der Waals surface area contributed by atoms with Crippen LogP contribution in [0.25, 0.3) is 0 Å². The number of nitrogens with zero attached hydrogens (tertiary/aromatic N) is 1. The van der Waals surface area contributed by atoms with E-state index in [0.29, 0.717) is 25.8 Å². The van der Waals surface area contributed by atoms with Crippen LogP contribution in [0.1, 0.15) is 92.4 Å². The van der Waals surface area contributed by atoms with Crippen LogP contribution in [-0.4, -0.2) is 121 Å². The maximum absolute atomic E-state index is 12.8. The molecule has 0 aliphatic heterocycles. The maximum Gasteiger partial charge on any atom is 0.326 e. The van der Waals surface area contributed by atoms with E-state index in [-0.39, 0.29) is 57.6 Å². The first-order valence-electron chi connectivity index (χ1n) is 17.8. The second-order valence-corrected chi connectivity index (χ2v) is 13.0. The Morgan fingerprint density at radius 1 is 0.611 bits per heavy atom. The van der Waals surface area contributed by atoms with E-state index >= 15 is 0 Å². The van der Waals surface area contributed by atoms with Crippen molar-refractivity contribution in [3.8, 4) is 0 Å². The molecular formula is C33H60N10O11. The van der Waals surface area contributed by atoms with Crippen LogP contribution in [0.15, 0.2) is 4.99 Å². The molecular weight excluding hydrogens is 712 g/mol. The molecule has 308 valence electrons. The number of nitrogens with two attached hydrogens (primary N) is 4. The number of carbonyl (C=O) groups excluding carboxylic acids is 7. The van der Waals surface area contributed by atoms with Crippen LogP contribution in [0.4, 0.5) is 0 Å². The topological polar surface area (TPSA) is 352 Å². The van der Waals surface area contributed by atoms with Gasteiger partial charge in [0.05, 0.1) is 32.2 Å². The molecule has 0 aliphatic carbocycles. The van der Waals surface area contributed by atoms with Gasteiger partial charge in [-0.05, 0) is 73.3 Å². The zero-order chi connectivity index (χ0) is 41.4. The number of nitrogens with one attached hydrogen (secondary N) is 5. The van der Waals surface area contributed by atoms with E-state index in [4.69, 9.17) is 32.4 Å². The molecule has 0 bridgehead atoms. The number of amides is 5. The Morgan fingerprint density at radius 2 is 1.11 bits per heavy atom. The Kier molecular flexibility index (Phi) is 24.2. The first-order valence-corrected chi connectivity index (χ1v) is 17.8. The standard InChI is InChI=1S/C33H60N10O11/c1-18(13-28(47)54-21(4)16-26(45)43-24(32(51)52)9-6-7-11-34)39-25(44)15-20(3)53-29(48)14-19(2)40-30(49)22(5)41-31(50)23(42-27(46)17-35)10-8-12-38-33(36)37/h18-24H,6-17,34-35H2,1-5H3,(H,39,44)(H,40,49)(H,41,50)(H,42,46)(H,43,45)(H,51,52)(H4,36,37,38)/t18-,19-,20+,21+,22-,23-,24-/m0/s1. The summed E-state index contributed by atoms with van der Waals surface area (Å²) in [6.07, 6.45) is -0.771. The fraction of sp³-hybridized carbons (Fsp3) is 0.727. The van der Waals surface area contributed by atoms with Crippen molar-refractivity contribution in [2.45, 2.75) is 135 Å². The third kappa shape index (κ3) is 23.5. The molecule has 5 amide bonds. The first-order chi connectivity index (χ1) is 25.3. The minimum Gasteiger partial charge on any atom is -0.480 e. The largest absolute Gasteiger partial charge is 0.480 e. The second-order valence-electron chi connectivity index (χ2n) is 13.0. The van der Waals surface area contributed by atoms with Crippen LogP contribution in [-0.2, 0) is 47.8 Å². The molecule has 7 atom stereocenters. The molecule has 0 unspecified atom stereocenters. The molecule has 0 saturated heterocycles. The molecule has 0 rings (SSSR count).